The number of hydrogen-bond acceptors (Lipinski definition) is 4. The zero-order valence-corrected chi connectivity index (χ0v) is 10.3. The molecule has 90 valence electrons. The van der Waals surface area contributed by atoms with Crippen LogP contribution in [0.3, 0.4) is 0 Å². The zero-order chi connectivity index (χ0) is 12.4. The van der Waals surface area contributed by atoms with E-state index in [4.69, 9.17) is 17.0 Å². The molecule has 2 aromatic heterocycles. The average molecular weight is 252 g/mol. The van der Waals surface area contributed by atoms with Crippen LogP contribution in [0.1, 0.15) is 12.6 Å². The summed E-state index contributed by atoms with van der Waals surface area (Å²) in [6.45, 7) is 4.18. The summed E-state index contributed by atoms with van der Waals surface area (Å²) in [5.74, 6) is 0. The molecule has 0 spiro atoms. The van der Waals surface area contributed by atoms with Crippen LogP contribution in [0.15, 0.2) is 16.0 Å². The molecule has 0 aliphatic heterocycles. The second-order valence-corrected chi connectivity index (χ2v) is 3.85. The molecule has 0 aromatic carbocycles. The lowest BCUT2D eigenvalue weighted by atomic mass is 10.4. The highest BCUT2D eigenvalue weighted by Crippen LogP contribution is 2.07. The molecule has 0 fully saturated rings. The summed E-state index contributed by atoms with van der Waals surface area (Å²) in [7, 11) is 0. The number of H-pyrrole nitrogens is 2. The number of ether oxygens (including phenoxy) is 1. The van der Waals surface area contributed by atoms with Crippen LogP contribution in [0, 0.1) is 11.7 Å². The van der Waals surface area contributed by atoms with Crippen LogP contribution in [0.4, 0.5) is 0 Å². The van der Waals surface area contributed by atoms with Crippen molar-refractivity contribution in [2.24, 2.45) is 5.10 Å². The molecular weight excluding hydrogens is 240 g/mol. The van der Waals surface area contributed by atoms with Gasteiger partial charge in [-0.3, -0.25) is 4.79 Å². The zero-order valence-electron chi connectivity index (χ0n) is 9.48. The van der Waals surface area contributed by atoms with Gasteiger partial charge in [-0.2, -0.15) is 4.68 Å². The minimum Gasteiger partial charge on any atom is -0.482 e. The molecule has 2 aromatic rings. The average Bonchev–Trinajstić information content (AvgIpc) is 2.64. The van der Waals surface area contributed by atoms with Crippen molar-refractivity contribution in [3.8, 4) is 0 Å². The number of hydrogen-bond donors (Lipinski definition) is 2. The molecule has 2 N–H and O–H groups in total. The Morgan fingerprint density at radius 1 is 1.59 bits per heavy atom. The molecular formula is C10H12N4O2S. The SMILES string of the molecule is CCO/C=N/n1c(=S)[nH]c2cc(C)[nH]c2c1=O. The highest BCUT2D eigenvalue weighted by atomic mass is 32.1. The van der Waals surface area contributed by atoms with Gasteiger partial charge in [0.25, 0.3) is 5.56 Å². The maximum absolute atomic E-state index is 12.0. The van der Waals surface area contributed by atoms with Crippen LogP contribution in [0.25, 0.3) is 11.0 Å². The van der Waals surface area contributed by atoms with Crippen LogP contribution in [0.2, 0.25) is 0 Å². The summed E-state index contributed by atoms with van der Waals surface area (Å²) in [6.07, 6.45) is 1.20. The first kappa shape index (κ1) is 11.6. The number of aromatic amines is 2. The number of nitrogens with one attached hydrogen (secondary N) is 2. The van der Waals surface area contributed by atoms with E-state index >= 15 is 0 Å². The van der Waals surface area contributed by atoms with E-state index in [1.54, 1.807) is 0 Å². The van der Waals surface area contributed by atoms with Gasteiger partial charge in [-0.15, -0.1) is 5.10 Å². The lowest BCUT2D eigenvalue weighted by molar-refractivity contribution is 0.340. The maximum Gasteiger partial charge on any atom is 0.299 e. The van der Waals surface area contributed by atoms with Crippen molar-refractivity contribution in [3.63, 3.8) is 0 Å². The third kappa shape index (κ3) is 2.14. The first-order valence-corrected chi connectivity index (χ1v) is 5.53. The van der Waals surface area contributed by atoms with E-state index in [0.717, 1.165) is 10.4 Å². The van der Waals surface area contributed by atoms with Gasteiger partial charge in [0, 0.05) is 5.69 Å². The van der Waals surface area contributed by atoms with Crippen LogP contribution in [-0.4, -0.2) is 27.7 Å². The molecule has 0 atom stereocenters. The van der Waals surface area contributed by atoms with E-state index in [-0.39, 0.29) is 10.3 Å². The van der Waals surface area contributed by atoms with Crippen LogP contribution in [0.5, 0.6) is 0 Å². The van der Waals surface area contributed by atoms with E-state index in [1.165, 1.54) is 6.40 Å². The highest BCUT2D eigenvalue weighted by molar-refractivity contribution is 7.71. The monoisotopic (exact) mass is 252 g/mol. The van der Waals surface area contributed by atoms with Crippen LogP contribution in [-0.2, 0) is 4.74 Å². The molecule has 0 amide bonds. The Morgan fingerprint density at radius 3 is 3.06 bits per heavy atom. The van der Waals surface area contributed by atoms with E-state index < -0.39 is 0 Å². The minimum atomic E-state index is -0.298. The number of aryl methyl sites for hydroxylation is 1. The van der Waals surface area contributed by atoms with E-state index in [2.05, 4.69) is 15.1 Å². The largest absolute Gasteiger partial charge is 0.482 e. The Hall–Kier alpha value is -1.89. The number of fused-ring (bicyclic) bond motifs is 1. The molecule has 0 unspecified atom stereocenters. The summed E-state index contributed by atoms with van der Waals surface area (Å²) in [4.78, 5) is 17.9. The summed E-state index contributed by atoms with van der Waals surface area (Å²) in [5, 5.41) is 3.86. The van der Waals surface area contributed by atoms with Gasteiger partial charge in [0.1, 0.15) is 5.52 Å². The lowest BCUT2D eigenvalue weighted by Crippen LogP contribution is -2.18. The van der Waals surface area contributed by atoms with Crippen molar-refractivity contribution < 1.29 is 4.74 Å². The van der Waals surface area contributed by atoms with Crippen molar-refractivity contribution in [1.29, 1.82) is 0 Å². The van der Waals surface area contributed by atoms with Gasteiger partial charge < -0.3 is 14.7 Å². The fourth-order valence-electron chi connectivity index (χ4n) is 1.48. The van der Waals surface area contributed by atoms with Crippen LogP contribution >= 0.6 is 12.2 Å². The van der Waals surface area contributed by atoms with Gasteiger partial charge in [0.15, 0.2) is 6.40 Å². The second-order valence-electron chi connectivity index (χ2n) is 3.46. The number of nitrogens with zero attached hydrogens (tertiary/aromatic N) is 2. The summed E-state index contributed by atoms with van der Waals surface area (Å²) >= 11 is 5.05. The van der Waals surface area contributed by atoms with Gasteiger partial charge in [0.2, 0.25) is 4.77 Å². The molecule has 0 saturated heterocycles. The quantitative estimate of drug-likeness (QED) is 0.494. The lowest BCUT2D eigenvalue weighted by Gasteiger charge is -1.99. The summed E-state index contributed by atoms with van der Waals surface area (Å²) in [6, 6.07) is 1.82. The van der Waals surface area contributed by atoms with Crippen molar-refractivity contribution >= 4 is 29.7 Å². The Kier molecular flexibility index (Phi) is 3.10. The normalized spacial score (nSPS) is 11.4. The Balaban J connectivity index is 2.63. The fourth-order valence-corrected chi connectivity index (χ4v) is 1.72. The van der Waals surface area contributed by atoms with Gasteiger partial charge in [-0.05, 0) is 32.1 Å². The van der Waals surface area contributed by atoms with Gasteiger partial charge in [-0.25, -0.2) is 0 Å². The Morgan fingerprint density at radius 2 is 2.35 bits per heavy atom. The summed E-state index contributed by atoms with van der Waals surface area (Å²) < 4.78 is 6.26. The molecule has 7 heteroatoms. The van der Waals surface area contributed by atoms with Gasteiger partial charge in [-0.1, -0.05) is 0 Å². The van der Waals surface area contributed by atoms with Crippen molar-refractivity contribution in [2.45, 2.75) is 13.8 Å². The van der Waals surface area contributed by atoms with Gasteiger partial charge >= 0.3 is 0 Å². The predicted molar refractivity (Wildman–Crippen MR) is 68.0 cm³/mol. The number of aromatic nitrogens is 3. The van der Waals surface area contributed by atoms with E-state index in [9.17, 15) is 4.79 Å². The van der Waals surface area contributed by atoms with E-state index in [0.29, 0.717) is 17.6 Å². The maximum atomic E-state index is 12.0. The summed E-state index contributed by atoms with van der Waals surface area (Å²) in [5.41, 5.74) is 1.71. The highest BCUT2D eigenvalue weighted by Gasteiger charge is 2.06. The third-order valence-corrected chi connectivity index (χ3v) is 2.47. The topological polar surface area (TPSA) is 75.2 Å². The third-order valence-electron chi connectivity index (χ3n) is 2.20. The Labute approximate surface area is 102 Å². The van der Waals surface area contributed by atoms with Crippen LogP contribution < -0.4 is 5.56 Å². The molecule has 2 rings (SSSR count). The molecule has 0 radical (unpaired) electrons. The first-order chi connectivity index (χ1) is 8.13. The molecule has 17 heavy (non-hydrogen) atoms. The van der Waals surface area contributed by atoms with Crippen molar-refractivity contribution in [3.05, 3.63) is 26.9 Å². The number of rotatable bonds is 3. The fraction of sp³-hybridized carbons (Fsp3) is 0.300. The van der Waals surface area contributed by atoms with Crippen molar-refractivity contribution in [2.75, 3.05) is 6.61 Å². The first-order valence-electron chi connectivity index (χ1n) is 5.12. The minimum absolute atomic E-state index is 0.234. The molecule has 0 aliphatic rings. The van der Waals surface area contributed by atoms with Crippen molar-refractivity contribution in [1.82, 2.24) is 14.6 Å². The predicted octanol–water partition coefficient (Wildman–Crippen LogP) is 1.52. The molecule has 0 aliphatic carbocycles. The second kappa shape index (κ2) is 4.54. The molecule has 6 nitrogen and oxygen atoms in total. The van der Waals surface area contributed by atoms with Gasteiger partial charge in [0.05, 0.1) is 12.1 Å². The molecule has 2 heterocycles. The molecule has 0 saturated carbocycles. The standard InChI is InChI=1S/C10H12N4O2S/c1-3-16-5-11-14-9(15)8-7(13-10(14)17)4-6(2)12-8/h4-5,12H,3H2,1-2H3,(H,13,17)/b11-5+. The molecule has 0 bridgehead atoms. The smallest absolute Gasteiger partial charge is 0.299 e. The van der Waals surface area contributed by atoms with E-state index in [1.807, 2.05) is 19.9 Å². The Bertz CT molecular complexity index is 680.